The average Bonchev–Trinajstić information content (AvgIpc) is 2.52. The molecule has 0 spiro atoms. The SMILES string of the molecule is CC1CCC(C2CCC(C)CC(S(C)(C)N)C2)CC1. The topological polar surface area (TPSA) is 26.0 Å². The van der Waals surface area contributed by atoms with Crippen molar-refractivity contribution in [2.45, 2.75) is 70.5 Å². The van der Waals surface area contributed by atoms with Gasteiger partial charge in [0.1, 0.15) is 0 Å². The van der Waals surface area contributed by atoms with Crippen LogP contribution < -0.4 is 5.14 Å². The van der Waals surface area contributed by atoms with E-state index in [-0.39, 0.29) is 0 Å². The van der Waals surface area contributed by atoms with Crippen LogP contribution in [0.25, 0.3) is 0 Å². The highest BCUT2D eigenvalue weighted by Gasteiger charge is 2.34. The highest BCUT2D eigenvalue weighted by molar-refractivity contribution is 8.31. The van der Waals surface area contributed by atoms with Crippen LogP contribution in [-0.2, 0) is 0 Å². The van der Waals surface area contributed by atoms with Crippen molar-refractivity contribution in [3.63, 3.8) is 0 Å². The van der Waals surface area contributed by atoms with Crippen molar-refractivity contribution < 1.29 is 0 Å². The van der Waals surface area contributed by atoms with Gasteiger partial charge in [0.15, 0.2) is 0 Å². The van der Waals surface area contributed by atoms with Gasteiger partial charge in [0, 0.05) is 5.25 Å². The Morgan fingerprint density at radius 3 is 1.84 bits per heavy atom. The van der Waals surface area contributed by atoms with Crippen LogP contribution in [0, 0.1) is 23.7 Å². The van der Waals surface area contributed by atoms with E-state index in [9.17, 15) is 0 Å². The van der Waals surface area contributed by atoms with Crippen LogP contribution >= 0.6 is 10.2 Å². The second-order valence-electron chi connectivity index (χ2n) is 8.04. The zero-order chi connectivity index (χ0) is 14.0. The van der Waals surface area contributed by atoms with Gasteiger partial charge in [-0.1, -0.05) is 33.1 Å². The van der Waals surface area contributed by atoms with Gasteiger partial charge in [0.05, 0.1) is 0 Å². The lowest BCUT2D eigenvalue weighted by Crippen LogP contribution is -2.29. The highest BCUT2D eigenvalue weighted by Crippen LogP contribution is 2.49. The summed E-state index contributed by atoms with van der Waals surface area (Å²) in [5, 5.41) is 7.35. The van der Waals surface area contributed by atoms with Crippen molar-refractivity contribution in [3.8, 4) is 0 Å². The van der Waals surface area contributed by atoms with Crippen LogP contribution in [0.1, 0.15) is 65.2 Å². The molecule has 0 radical (unpaired) electrons. The predicted octanol–water partition coefficient (Wildman–Crippen LogP) is 4.95. The minimum atomic E-state index is -0.864. The lowest BCUT2D eigenvalue weighted by Gasteiger charge is -2.40. The van der Waals surface area contributed by atoms with Crippen LogP contribution in [0.5, 0.6) is 0 Å². The van der Waals surface area contributed by atoms with Gasteiger partial charge in [-0.3, -0.25) is 5.14 Å². The molecule has 19 heavy (non-hydrogen) atoms. The van der Waals surface area contributed by atoms with Crippen molar-refractivity contribution in [1.82, 2.24) is 0 Å². The van der Waals surface area contributed by atoms with Gasteiger partial charge >= 0.3 is 0 Å². The summed E-state index contributed by atoms with van der Waals surface area (Å²) in [4.78, 5) is 0. The Kier molecular flexibility index (Phi) is 5.28. The molecule has 1 nitrogen and oxygen atoms in total. The van der Waals surface area contributed by atoms with Crippen LogP contribution in [0.2, 0.25) is 0 Å². The van der Waals surface area contributed by atoms with E-state index >= 15 is 0 Å². The molecule has 0 bridgehead atoms. The summed E-state index contributed by atoms with van der Waals surface area (Å²) < 4.78 is 0. The summed E-state index contributed by atoms with van der Waals surface area (Å²) in [7, 11) is -0.864. The zero-order valence-electron chi connectivity index (χ0n) is 13.5. The first-order chi connectivity index (χ1) is 8.86. The molecule has 0 aliphatic heterocycles. The molecule has 3 atom stereocenters. The van der Waals surface area contributed by atoms with Gasteiger partial charge in [-0.15, -0.1) is 0 Å². The number of hydrogen-bond donors (Lipinski definition) is 1. The Morgan fingerprint density at radius 1 is 0.737 bits per heavy atom. The third-order valence-corrected chi connectivity index (χ3v) is 7.95. The van der Waals surface area contributed by atoms with Crippen LogP contribution in [0.4, 0.5) is 0 Å². The van der Waals surface area contributed by atoms with Gasteiger partial charge in [0.25, 0.3) is 0 Å². The zero-order valence-corrected chi connectivity index (χ0v) is 14.3. The van der Waals surface area contributed by atoms with E-state index in [0.717, 1.165) is 28.9 Å². The Morgan fingerprint density at radius 2 is 1.26 bits per heavy atom. The number of rotatable bonds is 2. The molecule has 0 saturated heterocycles. The summed E-state index contributed by atoms with van der Waals surface area (Å²) in [5.41, 5.74) is 0. The smallest absolute Gasteiger partial charge is 0.000264 e. The monoisotopic (exact) mass is 285 g/mol. The van der Waals surface area contributed by atoms with Crippen molar-refractivity contribution in [2.75, 3.05) is 12.5 Å². The minimum Gasteiger partial charge on any atom is -0.294 e. The number of hydrogen-bond acceptors (Lipinski definition) is 1. The van der Waals surface area contributed by atoms with E-state index in [1.54, 1.807) is 0 Å². The molecule has 0 aromatic heterocycles. The quantitative estimate of drug-likeness (QED) is 0.714. The summed E-state index contributed by atoms with van der Waals surface area (Å²) >= 11 is 0. The largest absolute Gasteiger partial charge is 0.294 e. The molecular weight excluding hydrogens is 250 g/mol. The van der Waals surface area contributed by atoms with Crippen LogP contribution in [0.15, 0.2) is 0 Å². The summed E-state index contributed by atoms with van der Waals surface area (Å²) in [6.45, 7) is 4.88. The van der Waals surface area contributed by atoms with E-state index in [4.69, 9.17) is 5.14 Å². The molecule has 2 saturated carbocycles. The first kappa shape index (κ1) is 15.7. The highest BCUT2D eigenvalue weighted by atomic mass is 32.3. The van der Waals surface area contributed by atoms with E-state index in [2.05, 4.69) is 26.4 Å². The van der Waals surface area contributed by atoms with Gasteiger partial charge in [-0.05, 0) is 68.3 Å². The summed E-state index contributed by atoms with van der Waals surface area (Å²) in [6, 6.07) is 0. The molecule has 2 aliphatic carbocycles. The fraction of sp³-hybridized carbons (Fsp3) is 1.00. The third-order valence-electron chi connectivity index (χ3n) is 5.85. The predicted molar refractivity (Wildman–Crippen MR) is 89.7 cm³/mol. The molecule has 2 rings (SSSR count). The molecule has 3 unspecified atom stereocenters. The third kappa shape index (κ3) is 4.39. The maximum atomic E-state index is 6.54. The van der Waals surface area contributed by atoms with Crippen LogP contribution in [-0.4, -0.2) is 17.8 Å². The molecule has 0 aromatic carbocycles. The van der Waals surface area contributed by atoms with Gasteiger partial charge in [0.2, 0.25) is 0 Å². The van der Waals surface area contributed by atoms with Crippen molar-refractivity contribution in [2.24, 2.45) is 28.8 Å². The van der Waals surface area contributed by atoms with Gasteiger partial charge < -0.3 is 0 Å². The fourth-order valence-electron chi connectivity index (χ4n) is 4.30. The molecule has 114 valence electrons. The van der Waals surface area contributed by atoms with E-state index in [0.29, 0.717) is 0 Å². The molecule has 2 aliphatic rings. The van der Waals surface area contributed by atoms with Gasteiger partial charge in [-0.2, -0.15) is 10.2 Å². The lowest BCUT2D eigenvalue weighted by atomic mass is 9.74. The first-order valence-electron chi connectivity index (χ1n) is 8.36. The Labute approximate surface area is 122 Å². The maximum Gasteiger partial charge on any atom is 0.000264 e. The van der Waals surface area contributed by atoms with Crippen LogP contribution in [0.3, 0.4) is 0 Å². The average molecular weight is 286 g/mol. The Balaban J connectivity index is 2.00. The van der Waals surface area contributed by atoms with Crippen molar-refractivity contribution in [1.29, 1.82) is 0 Å². The Hall–Kier alpha value is 0.310. The summed E-state index contributed by atoms with van der Waals surface area (Å²) in [5.74, 6) is 3.88. The fourth-order valence-corrected chi connectivity index (χ4v) is 5.87. The minimum absolute atomic E-state index is 0.814. The van der Waals surface area contributed by atoms with E-state index < -0.39 is 10.2 Å². The Bertz CT molecular complexity index is 275. The lowest BCUT2D eigenvalue weighted by molar-refractivity contribution is 0.196. The molecule has 2 heteroatoms. The second kappa shape index (κ2) is 6.39. The molecule has 2 N–H and O–H groups in total. The maximum absolute atomic E-state index is 6.54. The van der Waals surface area contributed by atoms with Crippen molar-refractivity contribution in [3.05, 3.63) is 0 Å². The molecule has 0 amide bonds. The number of nitrogens with two attached hydrogens (primary N) is 1. The molecule has 0 heterocycles. The first-order valence-corrected chi connectivity index (χ1v) is 10.9. The van der Waals surface area contributed by atoms with E-state index in [1.807, 2.05) is 0 Å². The van der Waals surface area contributed by atoms with Gasteiger partial charge in [-0.25, -0.2) is 0 Å². The normalized spacial score (nSPS) is 42.7. The molecule has 2 fully saturated rings. The van der Waals surface area contributed by atoms with E-state index in [1.165, 1.54) is 51.4 Å². The van der Waals surface area contributed by atoms with Crippen molar-refractivity contribution >= 4 is 10.2 Å². The molecular formula is C17H35NS. The second-order valence-corrected chi connectivity index (χ2v) is 11.7. The molecule has 0 aromatic rings. The summed E-state index contributed by atoms with van der Waals surface area (Å²) in [6.07, 6.45) is 16.3. The standard InChI is InChI=1S/C17H35NS/c1-13-5-8-15(9-6-13)16-10-7-14(2)11-17(12-16)19(3,4)18/h13-17H,5-12,18H2,1-4H3.